The van der Waals surface area contributed by atoms with Crippen LogP contribution < -0.4 is 5.73 Å². The van der Waals surface area contributed by atoms with Crippen LogP contribution in [0, 0.1) is 0 Å². The maximum atomic E-state index is 9.63. The van der Waals surface area contributed by atoms with E-state index in [1.54, 1.807) is 0 Å². The standard InChI is InChI=1S/C3H5NO.C3H6O.C2H5O4P/c1-2-3(4)5;1-2-3-4;1-2-6-7(3,4)5/h2H,1H2,(H2,4,5);2,4H,1,3H2;2H,1H2,(H2,3,4,5). The maximum absolute atomic E-state index is 9.63. The fourth-order valence-corrected chi connectivity index (χ4v) is 0.291. The molecule has 0 radical (unpaired) electrons. The topological polar surface area (TPSA) is 130 Å². The number of phosphoric ester groups is 1. The van der Waals surface area contributed by atoms with Crippen LogP contribution in [0.4, 0.5) is 0 Å². The number of primary amides is 1. The van der Waals surface area contributed by atoms with E-state index in [-0.39, 0.29) is 6.61 Å². The molecule has 0 aliphatic heterocycles. The van der Waals surface area contributed by atoms with Crippen molar-refractivity contribution < 1.29 is 28.8 Å². The summed E-state index contributed by atoms with van der Waals surface area (Å²) < 4.78 is 13.3. The second-order valence-corrected chi connectivity index (χ2v) is 3.03. The molecule has 0 unspecified atom stereocenters. The zero-order valence-corrected chi connectivity index (χ0v) is 9.55. The summed E-state index contributed by atoms with van der Waals surface area (Å²) in [6.45, 7) is 9.33. The molecule has 16 heavy (non-hydrogen) atoms. The lowest BCUT2D eigenvalue weighted by Crippen LogP contribution is -2.04. The van der Waals surface area contributed by atoms with Gasteiger partial charge in [0.2, 0.25) is 5.91 Å². The van der Waals surface area contributed by atoms with Crippen molar-refractivity contribution in [3.8, 4) is 0 Å². The molecule has 1 amide bonds. The fourth-order valence-electron chi connectivity index (χ4n) is 0.0971. The SMILES string of the molecule is C=CC(N)=O.C=CCO.C=COP(=O)(O)O. The van der Waals surface area contributed by atoms with Crippen LogP contribution in [-0.2, 0) is 13.9 Å². The third-order valence-corrected chi connectivity index (χ3v) is 0.966. The van der Waals surface area contributed by atoms with Crippen molar-refractivity contribution in [3.63, 3.8) is 0 Å². The molecule has 0 aromatic rings. The van der Waals surface area contributed by atoms with E-state index >= 15 is 0 Å². The lowest BCUT2D eigenvalue weighted by Gasteiger charge is -1.96. The number of amides is 1. The molecule has 0 aliphatic carbocycles. The van der Waals surface area contributed by atoms with Crippen molar-refractivity contribution in [3.05, 3.63) is 38.2 Å². The van der Waals surface area contributed by atoms with E-state index in [4.69, 9.17) is 14.9 Å². The number of hydrogen-bond donors (Lipinski definition) is 4. The summed E-state index contributed by atoms with van der Waals surface area (Å²) in [6, 6.07) is 0. The Morgan fingerprint density at radius 1 is 1.38 bits per heavy atom. The number of phosphoric acid groups is 1. The number of carbonyl (C=O) groups excluding carboxylic acids is 1. The Balaban J connectivity index is -0.000000166. The van der Waals surface area contributed by atoms with Crippen LogP contribution >= 0.6 is 7.82 Å². The second-order valence-electron chi connectivity index (χ2n) is 1.84. The molecule has 0 aromatic heterocycles. The van der Waals surface area contributed by atoms with E-state index in [2.05, 4.69) is 30.0 Å². The van der Waals surface area contributed by atoms with Gasteiger partial charge in [-0.25, -0.2) is 4.57 Å². The van der Waals surface area contributed by atoms with Gasteiger partial charge in [-0.1, -0.05) is 19.2 Å². The van der Waals surface area contributed by atoms with Gasteiger partial charge in [-0.3, -0.25) is 14.6 Å². The van der Waals surface area contributed by atoms with Crippen molar-refractivity contribution >= 4 is 13.7 Å². The first kappa shape index (κ1) is 20.1. The number of aliphatic hydroxyl groups excluding tert-OH is 1. The van der Waals surface area contributed by atoms with Gasteiger partial charge < -0.3 is 15.4 Å². The van der Waals surface area contributed by atoms with Gasteiger partial charge in [0.05, 0.1) is 12.9 Å². The normalized spacial score (nSPS) is 8.19. The minimum absolute atomic E-state index is 0.0833. The van der Waals surface area contributed by atoms with Crippen molar-refractivity contribution in [2.24, 2.45) is 5.73 Å². The van der Waals surface area contributed by atoms with Gasteiger partial charge in [0, 0.05) is 0 Å². The number of rotatable bonds is 4. The quantitative estimate of drug-likeness (QED) is 0.242. The first-order chi connectivity index (χ1) is 7.24. The minimum atomic E-state index is -4.28. The molecule has 0 spiro atoms. The zero-order valence-electron chi connectivity index (χ0n) is 8.65. The molecule has 0 saturated heterocycles. The van der Waals surface area contributed by atoms with Gasteiger partial charge in [0.15, 0.2) is 0 Å². The molecule has 7 nitrogen and oxygen atoms in total. The van der Waals surface area contributed by atoms with E-state index < -0.39 is 13.7 Å². The summed E-state index contributed by atoms with van der Waals surface area (Å²) in [5, 5.41) is 7.76. The molecule has 0 aliphatic rings. The monoisotopic (exact) mass is 253 g/mol. The number of nitrogens with two attached hydrogens (primary N) is 1. The molecule has 5 N–H and O–H groups in total. The van der Waals surface area contributed by atoms with Gasteiger partial charge in [-0.2, -0.15) is 0 Å². The van der Waals surface area contributed by atoms with Crippen LogP contribution in [0.25, 0.3) is 0 Å². The van der Waals surface area contributed by atoms with Gasteiger partial charge in [-0.15, -0.1) is 6.58 Å². The fraction of sp³-hybridized carbons (Fsp3) is 0.125. The zero-order chi connectivity index (χ0) is 13.6. The summed E-state index contributed by atoms with van der Waals surface area (Å²) in [5.74, 6) is -0.481. The summed E-state index contributed by atoms with van der Waals surface area (Å²) in [7, 11) is -4.28. The molecule has 0 bridgehead atoms. The highest BCUT2D eigenvalue weighted by Gasteiger charge is 2.10. The smallest absolute Gasteiger partial charge is 0.413 e. The van der Waals surface area contributed by atoms with Gasteiger partial charge in [0.1, 0.15) is 0 Å². The first-order valence-electron chi connectivity index (χ1n) is 3.73. The number of aliphatic hydroxyl groups is 1. The molecule has 8 heteroatoms. The van der Waals surface area contributed by atoms with E-state index in [1.807, 2.05) is 0 Å². The highest BCUT2D eigenvalue weighted by molar-refractivity contribution is 7.46. The molecule has 94 valence electrons. The largest absolute Gasteiger partial charge is 0.524 e. The predicted molar refractivity (Wildman–Crippen MR) is 60.0 cm³/mol. The maximum Gasteiger partial charge on any atom is 0.524 e. The first-order valence-corrected chi connectivity index (χ1v) is 5.26. The summed E-state index contributed by atoms with van der Waals surface area (Å²) in [5.41, 5.74) is 4.53. The Hall–Kier alpha value is -1.40. The highest BCUT2D eigenvalue weighted by atomic mass is 31.2. The third-order valence-electron chi connectivity index (χ3n) is 0.542. The van der Waals surface area contributed by atoms with Gasteiger partial charge in [0.25, 0.3) is 0 Å². The average Bonchev–Trinajstić information content (AvgIpc) is 2.17. The lowest BCUT2D eigenvalue weighted by atomic mass is 10.6. The van der Waals surface area contributed by atoms with E-state index in [0.717, 1.165) is 6.08 Å². The molecule has 0 aromatic carbocycles. The van der Waals surface area contributed by atoms with Crippen LogP contribution in [-0.4, -0.2) is 27.4 Å². The Kier molecular flexibility index (Phi) is 17.1. The Labute approximate surface area is 93.8 Å². The van der Waals surface area contributed by atoms with Crippen molar-refractivity contribution in [1.29, 1.82) is 0 Å². The van der Waals surface area contributed by atoms with Crippen LogP contribution in [0.5, 0.6) is 0 Å². The Bertz CT molecular complexity index is 259. The summed E-state index contributed by atoms with van der Waals surface area (Å²) in [4.78, 5) is 25.1. The Morgan fingerprint density at radius 3 is 1.69 bits per heavy atom. The third kappa shape index (κ3) is 54.1. The minimum Gasteiger partial charge on any atom is -0.413 e. The van der Waals surface area contributed by atoms with E-state index in [9.17, 15) is 9.36 Å². The van der Waals surface area contributed by atoms with E-state index in [1.165, 1.54) is 6.08 Å². The van der Waals surface area contributed by atoms with Crippen LogP contribution in [0.15, 0.2) is 38.2 Å². The molecule has 0 atom stereocenters. The summed E-state index contributed by atoms with van der Waals surface area (Å²) >= 11 is 0. The van der Waals surface area contributed by atoms with Crippen LogP contribution in [0.1, 0.15) is 0 Å². The predicted octanol–water partition coefficient (Wildman–Crippen LogP) is 0.0616. The van der Waals surface area contributed by atoms with Crippen LogP contribution in [0.3, 0.4) is 0 Å². The molecular formula is C8H16NO6P. The van der Waals surface area contributed by atoms with Crippen LogP contribution in [0.2, 0.25) is 0 Å². The van der Waals surface area contributed by atoms with Gasteiger partial charge in [-0.05, 0) is 6.08 Å². The number of hydrogen-bond acceptors (Lipinski definition) is 4. The van der Waals surface area contributed by atoms with Crippen molar-refractivity contribution in [2.45, 2.75) is 0 Å². The summed E-state index contributed by atoms with van der Waals surface area (Å²) in [6.07, 6.45) is 3.18. The van der Waals surface area contributed by atoms with Crippen molar-refractivity contribution in [1.82, 2.24) is 0 Å². The molecule has 0 fully saturated rings. The highest BCUT2D eigenvalue weighted by Crippen LogP contribution is 2.35. The second kappa shape index (κ2) is 13.6. The van der Waals surface area contributed by atoms with E-state index in [0.29, 0.717) is 6.26 Å². The molecule has 0 heterocycles. The van der Waals surface area contributed by atoms with Gasteiger partial charge >= 0.3 is 7.82 Å². The Morgan fingerprint density at radius 2 is 1.69 bits per heavy atom. The number of carbonyl (C=O) groups is 1. The van der Waals surface area contributed by atoms with Crippen molar-refractivity contribution in [2.75, 3.05) is 6.61 Å². The molecule has 0 rings (SSSR count). The average molecular weight is 253 g/mol. The molecule has 0 saturated carbocycles. The lowest BCUT2D eigenvalue weighted by molar-refractivity contribution is -0.113. The molecular weight excluding hydrogens is 237 g/mol.